The monoisotopic (exact) mass is 337 g/mol. The molecule has 1 aromatic rings. The van der Waals surface area contributed by atoms with E-state index in [-0.39, 0.29) is 11.5 Å². The van der Waals surface area contributed by atoms with E-state index in [9.17, 15) is 23.5 Å². The maximum Gasteiger partial charge on any atom is 0.308 e. The van der Waals surface area contributed by atoms with Gasteiger partial charge in [-0.05, 0) is 32.3 Å². The van der Waals surface area contributed by atoms with E-state index >= 15 is 0 Å². The predicted molar refractivity (Wildman–Crippen MR) is 83.4 cm³/mol. The van der Waals surface area contributed by atoms with E-state index in [2.05, 4.69) is 0 Å². The Balaban J connectivity index is 1.97. The molecule has 2 atom stereocenters. The minimum absolute atomic E-state index is 0.221. The number of amides is 1. The van der Waals surface area contributed by atoms with E-state index in [4.69, 9.17) is 0 Å². The highest BCUT2D eigenvalue weighted by molar-refractivity contribution is 5.90. The van der Waals surface area contributed by atoms with Crippen LogP contribution in [0.3, 0.4) is 0 Å². The van der Waals surface area contributed by atoms with Crippen LogP contribution in [0.5, 0.6) is 0 Å². The summed E-state index contributed by atoms with van der Waals surface area (Å²) in [6.45, 7) is 2.09. The molecule has 0 bridgehead atoms. The number of rotatable bonds is 3. The van der Waals surface area contributed by atoms with Crippen LogP contribution >= 0.6 is 0 Å². The van der Waals surface area contributed by atoms with Gasteiger partial charge in [0.15, 0.2) is 0 Å². The number of carbonyl (C=O) groups is 2. The second kappa shape index (κ2) is 6.15. The zero-order valence-electron chi connectivity index (χ0n) is 13.6. The van der Waals surface area contributed by atoms with Crippen molar-refractivity contribution < 1.29 is 23.5 Å². The van der Waals surface area contributed by atoms with Crippen LogP contribution in [0.25, 0.3) is 0 Å². The van der Waals surface area contributed by atoms with Crippen LogP contribution < -0.4 is 0 Å². The van der Waals surface area contributed by atoms with Crippen LogP contribution in [0.15, 0.2) is 18.2 Å². The summed E-state index contributed by atoms with van der Waals surface area (Å²) in [5, 5.41) is 9.26. The molecule has 0 radical (unpaired) electrons. The maximum absolute atomic E-state index is 14.4. The minimum atomic E-state index is -1.00. The first-order chi connectivity index (χ1) is 11.4. The Morgan fingerprint density at radius 1 is 1.25 bits per heavy atom. The number of benzene rings is 1. The molecule has 130 valence electrons. The third-order valence-electron chi connectivity index (χ3n) is 5.65. The number of hydrogen-bond acceptors (Lipinski definition) is 2. The Bertz CT molecular complexity index is 670. The smallest absolute Gasteiger partial charge is 0.308 e. The van der Waals surface area contributed by atoms with Crippen molar-refractivity contribution in [2.24, 2.45) is 5.92 Å². The van der Waals surface area contributed by atoms with Crippen molar-refractivity contribution in [1.29, 1.82) is 0 Å². The fraction of sp³-hybridized carbons (Fsp3) is 0.556. The topological polar surface area (TPSA) is 57.6 Å². The molecule has 2 fully saturated rings. The number of nitrogens with zero attached hydrogens (tertiary/aromatic N) is 1. The van der Waals surface area contributed by atoms with Gasteiger partial charge < -0.3 is 10.0 Å². The van der Waals surface area contributed by atoms with E-state index in [1.807, 2.05) is 0 Å². The molecule has 2 aliphatic rings. The fourth-order valence-corrected chi connectivity index (χ4v) is 4.29. The Hall–Kier alpha value is -1.98. The summed E-state index contributed by atoms with van der Waals surface area (Å²) in [5.74, 6) is -3.09. The van der Waals surface area contributed by atoms with Gasteiger partial charge in [0.1, 0.15) is 11.6 Å². The average molecular weight is 337 g/mol. The van der Waals surface area contributed by atoms with Crippen LogP contribution in [0.1, 0.15) is 44.6 Å². The van der Waals surface area contributed by atoms with Gasteiger partial charge in [-0.15, -0.1) is 0 Å². The highest BCUT2D eigenvalue weighted by Gasteiger charge is 2.50. The molecule has 0 aromatic heterocycles. The molecule has 1 N–H and O–H groups in total. The number of carboxylic acid groups (broad SMARTS) is 1. The van der Waals surface area contributed by atoms with Crippen LogP contribution in [0.4, 0.5) is 8.78 Å². The second-order valence-electron chi connectivity index (χ2n) is 6.89. The number of halogens is 2. The quantitative estimate of drug-likeness (QED) is 0.922. The van der Waals surface area contributed by atoms with Crippen molar-refractivity contribution in [3.8, 4) is 0 Å². The maximum atomic E-state index is 14.4. The first-order valence-electron chi connectivity index (χ1n) is 8.36. The third-order valence-corrected chi connectivity index (χ3v) is 5.65. The lowest BCUT2D eigenvalue weighted by atomic mass is 9.77. The number of carbonyl (C=O) groups excluding carboxylic acids is 1. The first-order valence-corrected chi connectivity index (χ1v) is 8.36. The van der Waals surface area contributed by atoms with E-state index in [1.54, 1.807) is 11.8 Å². The predicted octanol–water partition coefficient (Wildman–Crippen LogP) is 3.10. The fourth-order valence-electron chi connectivity index (χ4n) is 4.29. The molecule has 3 rings (SSSR count). The number of carboxylic acids is 1. The molecule has 4 nitrogen and oxygen atoms in total. The number of aliphatic carboxylic acids is 1. The molecule has 1 saturated carbocycles. The van der Waals surface area contributed by atoms with Crippen molar-refractivity contribution in [1.82, 2.24) is 4.90 Å². The van der Waals surface area contributed by atoms with Gasteiger partial charge in [0.2, 0.25) is 5.91 Å². The van der Waals surface area contributed by atoms with Crippen molar-refractivity contribution in [2.75, 3.05) is 6.54 Å². The van der Waals surface area contributed by atoms with Gasteiger partial charge in [0.25, 0.3) is 0 Å². The highest BCUT2D eigenvalue weighted by Crippen LogP contribution is 2.45. The summed E-state index contributed by atoms with van der Waals surface area (Å²) < 4.78 is 27.7. The molecule has 1 aromatic carbocycles. The Kier molecular flexibility index (Phi) is 4.32. The van der Waals surface area contributed by atoms with Gasteiger partial charge in [-0.3, -0.25) is 9.59 Å². The van der Waals surface area contributed by atoms with Gasteiger partial charge in [0, 0.05) is 24.2 Å². The molecule has 1 aliphatic carbocycles. The summed E-state index contributed by atoms with van der Waals surface area (Å²) in [7, 11) is 0. The van der Waals surface area contributed by atoms with E-state index in [0.29, 0.717) is 25.8 Å². The van der Waals surface area contributed by atoms with Crippen molar-refractivity contribution >= 4 is 11.9 Å². The van der Waals surface area contributed by atoms with Crippen molar-refractivity contribution in [2.45, 2.75) is 50.5 Å². The van der Waals surface area contributed by atoms with Gasteiger partial charge >= 0.3 is 5.97 Å². The molecule has 1 aliphatic heterocycles. The van der Waals surface area contributed by atoms with Gasteiger partial charge in [0.05, 0.1) is 11.3 Å². The van der Waals surface area contributed by atoms with E-state index < -0.39 is 35.0 Å². The third kappa shape index (κ3) is 2.58. The van der Waals surface area contributed by atoms with Gasteiger partial charge in [-0.1, -0.05) is 18.9 Å². The summed E-state index contributed by atoms with van der Waals surface area (Å²) in [4.78, 5) is 26.1. The van der Waals surface area contributed by atoms with Crippen LogP contribution in [0.2, 0.25) is 0 Å². The molecule has 0 spiro atoms. The summed E-state index contributed by atoms with van der Waals surface area (Å²) >= 11 is 0. The van der Waals surface area contributed by atoms with Crippen molar-refractivity contribution in [3.63, 3.8) is 0 Å². The molecular weight excluding hydrogens is 316 g/mol. The molecule has 1 amide bonds. The Labute approximate surface area is 139 Å². The summed E-state index contributed by atoms with van der Waals surface area (Å²) in [5.41, 5.74) is -0.767. The first kappa shape index (κ1) is 16.9. The lowest BCUT2D eigenvalue weighted by Gasteiger charge is -2.35. The van der Waals surface area contributed by atoms with Crippen LogP contribution in [-0.2, 0) is 15.0 Å². The molecule has 6 heteroatoms. The standard InChI is InChI=1S/C18H21F2NO3/c1-11-13(16(22)23)6-9-21(11)17(24)18(7-2-3-8-18)14-5-4-12(19)10-15(14)20/h4-5,10-11,13H,2-3,6-9H2,1H3,(H,22,23). The van der Waals surface area contributed by atoms with Crippen molar-refractivity contribution in [3.05, 3.63) is 35.4 Å². The molecular formula is C18H21F2NO3. The minimum Gasteiger partial charge on any atom is -0.481 e. The number of likely N-dealkylation sites (tertiary alicyclic amines) is 1. The Morgan fingerprint density at radius 3 is 2.46 bits per heavy atom. The average Bonchev–Trinajstić information content (AvgIpc) is 3.14. The van der Waals surface area contributed by atoms with Gasteiger partial charge in [-0.25, -0.2) is 8.78 Å². The summed E-state index contributed by atoms with van der Waals surface area (Å²) in [6.07, 6.45) is 3.02. The van der Waals surface area contributed by atoms with E-state index in [1.165, 1.54) is 12.1 Å². The highest BCUT2D eigenvalue weighted by atomic mass is 19.1. The lowest BCUT2D eigenvalue weighted by molar-refractivity contribution is -0.144. The molecule has 24 heavy (non-hydrogen) atoms. The van der Waals surface area contributed by atoms with E-state index in [0.717, 1.165) is 18.9 Å². The van der Waals surface area contributed by atoms with Gasteiger partial charge in [-0.2, -0.15) is 0 Å². The van der Waals surface area contributed by atoms with Crippen LogP contribution in [-0.4, -0.2) is 34.5 Å². The lowest BCUT2D eigenvalue weighted by Crippen LogP contribution is -2.48. The zero-order chi connectivity index (χ0) is 17.5. The second-order valence-corrected chi connectivity index (χ2v) is 6.89. The van der Waals surface area contributed by atoms with Crippen LogP contribution in [0, 0.1) is 17.6 Å². The molecule has 1 heterocycles. The normalized spacial score (nSPS) is 25.9. The zero-order valence-corrected chi connectivity index (χ0v) is 13.6. The molecule has 2 unspecified atom stereocenters. The molecule has 1 saturated heterocycles. The SMILES string of the molecule is CC1C(C(=O)O)CCN1C(=O)C1(c2ccc(F)cc2F)CCCC1. The summed E-state index contributed by atoms with van der Waals surface area (Å²) in [6, 6.07) is 2.94. The largest absolute Gasteiger partial charge is 0.481 e. The number of hydrogen-bond donors (Lipinski definition) is 1. The Morgan fingerprint density at radius 2 is 1.92 bits per heavy atom.